The minimum atomic E-state index is 0.0756. The van der Waals surface area contributed by atoms with Crippen molar-refractivity contribution in [1.82, 2.24) is 14.3 Å². The van der Waals surface area contributed by atoms with Gasteiger partial charge in [-0.05, 0) is 48.4 Å². The number of benzene rings is 1. The number of rotatable bonds is 6. The number of aliphatic hydroxyl groups is 1. The van der Waals surface area contributed by atoms with Gasteiger partial charge in [0.05, 0.1) is 12.3 Å². The number of carbonyl (C=O) groups is 1. The van der Waals surface area contributed by atoms with E-state index >= 15 is 0 Å². The van der Waals surface area contributed by atoms with Gasteiger partial charge < -0.3 is 14.4 Å². The summed E-state index contributed by atoms with van der Waals surface area (Å²) in [6.45, 7) is 1.74. The van der Waals surface area contributed by atoms with Crippen LogP contribution in [0.15, 0.2) is 54.9 Å². The minimum absolute atomic E-state index is 0.0756. The van der Waals surface area contributed by atoms with Crippen LogP contribution in [-0.4, -0.2) is 38.4 Å². The Kier molecular flexibility index (Phi) is 5.21. The summed E-state index contributed by atoms with van der Waals surface area (Å²) in [5.41, 5.74) is 4.08. The number of carbonyl (C=O) groups excluding carboxylic acids is 1. The number of fused-ring (bicyclic) bond motifs is 1. The maximum absolute atomic E-state index is 12.6. The van der Waals surface area contributed by atoms with Crippen molar-refractivity contribution >= 4 is 11.6 Å². The lowest BCUT2D eigenvalue weighted by Crippen LogP contribution is -2.29. The Labute approximate surface area is 159 Å². The summed E-state index contributed by atoms with van der Waals surface area (Å²) >= 11 is 0. The number of aryl methyl sites for hydroxylation is 1. The summed E-state index contributed by atoms with van der Waals surface area (Å²) in [5, 5.41) is 9.28. The van der Waals surface area contributed by atoms with Crippen molar-refractivity contribution in [2.75, 3.05) is 13.1 Å². The van der Waals surface area contributed by atoms with Crippen molar-refractivity contribution in [2.45, 2.75) is 32.3 Å². The Morgan fingerprint density at radius 1 is 1.19 bits per heavy atom. The van der Waals surface area contributed by atoms with Crippen LogP contribution < -0.4 is 0 Å². The molecule has 4 rings (SSSR count). The number of pyridine rings is 1. The summed E-state index contributed by atoms with van der Waals surface area (Å²) in [6, 6.07) is 14.0. The third-order valence-electron chi connectivity index (χ3n) is 5.35. The van der Waals surface area contributed by atoms with Gasteiger partial charge in [-0.3, -0.25) is 4.79 Å². The first-order chi connectivity index (χ1) is 13.2. The normalized spacial score (nSPS) is 16.9. The molecule has 1 saturated heterocycles. The summed E-state index contributed by atoms with van der Waals surface area (Å²) in [4.78, 5) is 19.2. The highest BCUT2D eigenvalue weighted by atomic mass is 16.3. The van der Waals surface area contributed by atoms with Crippen LogP contribution in [0.5, 0.6) is 0 Å². The molecular weight excluding hydrogens is 338 g/mol. The van der Waals surface area contributed by atoms with Crippen LogP contribution in [0.4, 0.5) is 0 Å². The minimum Gasteiger partial charge on any atom is -0.392 e. The van der Waals surface area contributed by atoms with Gasteiger partial charge in [0, 0.05) is 31.9 Å². The first kappa shape index (κ1) is 17.7. The Bertz CT molecular complexity index is 901. The maximum atomic E-state index is 12.6. The molecule has 140 valence electrons. The monoisotopic (exact) mass is 363 g/mol. The lowest BCUT2D eigenvalue weighted by atomic mass is 9.97. The molecule has 1 aliphatic rings. The van der Waals surface area contributed by atoms with Gasteiger partial charge >= 0.3 is 0 Å². The van der Waals surface area contributed by atoms with Crippen LogP contribution in [0.25, 0.3) is 5.65 Å². The molecule has 1 atom stereocenters. The van der Waals surface area contributed by atoms with E-state index in [1.807, 2.05) is 52.0 Å². The van der Waals surface area contributed by atoms with Gasteiger partial charge in [0.2, 0.25) is 5.91 Å². The number of hydrogen-bond donors (Lipinski definition) is 1. The van der Waals surface area contributed by atoms with E-state index in [1.54, 1.807) is 0 Å². The molecule has 1 aliphatic heterocycles. The molecule has 0 bridgehead atoms. The van der Waals surface area contributed by atoms with E-state index in [4.69, 9.17) is 0 Å². The number of aromatic nitrogens is 2. The zero-order chi connectivity index (χ0) is 18.6. The average molecular weight is 363 g/mol. The first-order valence-electron chi connectivity index (χ1n) is 9.60. The van der Waals surface area contributed by atoms with Crippen LogP contribution >= 0.6 is 0 Å². The molecule has 3 heterocycles. The summed E-state index contributed by atoms with van der Waals surface area (Å²) in [7, 11) is 0. The van der Waals surface area contributed by atoms with E-state index in [2.05, 4.69) is 17.1 Å². The number of aliphatic hydroxyl groups excluding tert-OH is 1. The van der Waals surface area contributed by atoms with Crippen molar-refractivity contribution in [2.24, 2.45) is 5.92 Å². The molecule has 2 aromatic heterocycles. The molecular formula is C22H25N3O2. The van der Waals surface area contributed by atoms with Gasteiger partial charge in [-0.15, -0.1) is 0 Å². The number of amides is 1. The van der Waals surface area contributed by atoms with E-state index in [0.717, 1.165) is 42.8 Å². The molecule has 1 fully saturated rings. The van der Waals surface area contributed by atoms with Gasteiger partial charge in [0.25, 0.3) is 0 Å². The van der Waals surface area contributed by atoms with Gasteiger partial charge in [-0.2, -0.15) is 0 Å². The second-order valence-electron chi connectivity index (χ2n) is 7.37. The zero-order valence-corrected chi connectivity index (χ0v) is 15.4. The first-order valence-corrected chi connectivity index (χ1v) is 9.60. The van der Waals surface area contributed by atoms with E-state index in [0.29, 0.717) is 18.8 Å². The quantitative estimate of drug-likeness (QED) is 0.733. The van der Waals surface area contributed by atoms with Gasteiger partial charge in [0.1, 0.15) is 5.65 Å². The van der Waals surface area contributed by atoms with Crippen molar-refractivity contribution in [3.63, 3.8) is 0 Å². The molecule has 1 N–H and O–H groups in total. The number of hydrogen-bond acceptors (Lipinski definition) is 3. The van der Waals surface area contributed by atoms with E-state index in [-0.39, 0.29) is 12.5 Å². The molecule has 0 radical (unpaired) electrons. The Hall–Kier alpha value is -2.66. The predicted molar refractivity (Wildman–Crippen MR) is 104 cm³/mol. The van der Waals surface area contributed by atoms with E-state index < -0.39 is 0 Å². The number of imidazole rings is 1. The van der Waals surface area contributed by atoms with Crippen LogP contribution in [0.1, 0.15) is 29.7 Å². The summed E-state index contributed by atoms with van der Waals surface area (Å²) in [6.07, 6.45) is 7.18. The summed E-state index contributed by atoms with van der Waals surface area (Å²) < 4.78 is 1.99. The van der Waals surface area contributed by atoms with E-state index in [1.165, 1.54) is 5.56 Å². The van der Waals surface area contributed by atoms with E-state index in [9.17, 15) is 9.90 Å². The molecule has 27 heavy (non-hydrogen) atoms. The molecule has 3 aromatic rings. The second kappa shape index (κ2) is 7.92. The van der Waals surface area contributed by atoms with Crippen LogP contribution in [0, 0.1) is 5.92 Å². The topological polar surface area (TPSA) is 57.8 Å². The van der Waals surface area contributed by atoms with Crippen molar-refractivity contribution in [3.05, 3.63) is 71.7 Å². The SMILES string of the molecule is O=C(CCc1cn2ccccc2n1)N1CC[C@@H](Cc2cccc(CO)c2)C1. The zero-order valence-electron chi connectivity index (χ0n) is 15.4. The third-order valence-corrected chi connectivity index (χ3v) is 5.35. The highest BCUT2D eigenvalue weighted by Crippen LogP contribution is 2.22. The highest BCUT2D eigenvalue weighted by molar-refractivity contribution is 5.76. The van der Waals surface area contributed by atoms with Crippen LogP contribution in [-0.2, 0) is 24.2 Å². The Morgan fingerprint density at radius 2 is 2.07 bits per heavy atom. The maximum Gasteiger partial charge on any atom is 0.222 e. The Balaban J connectivity index is 1.29. The largest absolute Gasteiger partial charge is 0.392 e. The molecule has 5 nitrogen and oxygen atoms in total. The molecule has 1 amide bonds. The molecule has 0 spiro atoms. The summed E-state index contributed by atoms with van der Waals surface area (Å²) in [5.74, 6) is 0.719. The second-order valence-corrected chi connectivity index (χ2v) is 7.37. The van der Waals surface area contributed by atoms with Crippen molar-refractivity contribution in [3.8, 4) is 0 Å². The van der Waals surface area contributed by atoms with Gasteiger partial charge in [-0.1, -0.05) is 30.3 Å². The fraction of sp³-hybridized carbons (Fsp3) is 0.364. The lowest BCUT2D eigenvalue weighted by Gasteiger charge is -2.16. The smallest absolute Gasteiger partial charge is 0.222 e. The number of nitrogens with zero attached hydrogens (tertiary/aromatic N) is 3. The van der Waals surface area contributed by atoms with Crippen molar-refractivity contribution < 1.29 is 9.90 Å². The molecule has 0 aliphatic carbocycles. The van der Waals surface area contributed by atoms with Gasteiger partial charge in [0.15, 0.2) is 0 Å². The standard InChI is InChI=1S/C22H25N3O2/c26-16-19-5-3-4-17(13-19)12-18-9-11-25(14-18)22(27)8-7-20-15-24-10-2-1-6-21(24)23-20/h1-6,10,13,15,18,26H,7-9,11-12,14,16H2/t18-/m0/s1. The molecule has 1 aromatic carbocycles. The fourth-order valence-corrected chi connectivity index (χ4v) is 3.91. The molecule has 5 heteroatoms. The lowest BCUT2D eigenvalue weighted by molar-refractivity contribution is -0.130. The van der Waals surface area contributed by atoms with Crippen molar-refractivity contribution in [1.29, 1.82) is 0 Å². The third kappa shape index (κ3) is 4.19. The molecule has 0 saturated carbocycles. The van der Waals surface area contributed by atoms with Crippen LogP contribution in [0.2, 0.25) is 0 Å². The fourth-order valence-electron chi connectivity index (χ4n) is 3.91. The van der Waals surface area contributed by atoms with Gasteiger partial charge in [-0.25, -0.2) is 4.98 Å². The predicted octanol–water partition coefficient (Wildman–Crippen LogP) is 2.85. The average Bonchev–Trinajstić information content (AvgIpc) is 3.33. The highest BCUT2D eigenvalue weighted by Gasteiger charge is 2.26. The Morgan fingerprint density at radius 3 is 2.93 bits per heavy atom. The number of likely N-dealkylation sites (tertiary alicyclic amines) is 1. The van der Waals surface area contributed by atoms with Crippen LogP contribution in [0.3, 0.4) is 0 Å². The molecule has 0 unspecified atom stereocenters.